The Morgan fingerprint density at radius 3 is 1.51 bits per heavy atom. The van der Waals surface area contributed by atoms with Crippen LogP contribution in [-0.2, 0) is 44.7 Å². The van der Waals surface area contributed by atoms with E-state index in [2.05, 4.69) is 24.3 Å². The lowest BCUT2D eigenvalue weighted by atomic mass is 9.94. The molecule has 12 nitrogen and oxygen atoms in total. The molecule has 2 aliphatic heterocycles. The molecule has 2 aliphatic carbocycles. The summed E-state index contributed by atoms with van der Waals surface area (Å²) in [6.07, 6.45) is -5.91. The van der Waals surface area contributed by atoms with Crippen LogP contribution in [0.5, 0.6) is 23.0 Å². The molecule has 4 aromatic carbocycles. The van der Waals surface area contributed by atoms with E-state index in [1.165, 1.54) is 36.4 Å². The molecular formula is C40H35ClF4N2O10. The predicted molar refractivity (Wildman–Crippen MR) is 194 cm³/mol. The number of nitrogens with one attached hydrogen (secondary N) is 1. The number of carbonyl (C=O) groups excluding carboxylic acids is 4. The SMILES string of the molecule is CCOC(=O)C1(N)Cc2ccccc2C1.CCOC(=O)C1(NC(=O)c2cccc3c2OC(F)(F)O3)Cc2ccccc2C1.O=C(Cl)c1cccc2c1OC(F)(F)O2. The molecule has 1 amide bonds. The fourth-order valence-corrected chi connectivity index (χ4v) is 6.94. The maximum atomic E-state index is 13.4. The second kappa shape index (κ2) is 15.9. The molecule has 57 heavy (non-hydrogen) atoms. The highest BCUT2D eigenvalue weighted by molar-refractivity contribution is 6.68. The fourth-order valence-electron chi connectivity index (χ4n) is 6.79. The Morgan fingerprint density at radius 1 is 0.632 bits per heavy atom. The van der Waals surface area contributed by atoms with Crippen molar-refractivity contribution in [1.82, 2.24) is 5.32 Å². The fraction of sp³-hybridized carbons (Fsp3) is 0.300. The van der Waals surface area contributed by atoms with Gasteiger partial charge in [-0.15, -0.1) is 17.6 Å². The van der Waals surface area contributed by atoms with Crippen molar-refractivity contribution in [3.05, 3.63) is 118 Å². The Morgan fingerprint density at radius 2 is 1.05 bits per heavy atom. The van der Waals surface area contributed by atoms with Gasteiger partial charge in [-0.25, -0.2) is 4.79 Å². The van der Waals surface area contributed by atoms with Crippen molar-refractivity contribution < 1.29 is 65.2 Å². The average molecular weight is 815 g/mol. The third-order valence-corrected chi connectivity index (χ3v) is 9.45. The van der Waals surface area contributed by atoms with Gasteiger partial charge in [0.15, 0.2) is 23.0 Å². The minimum atomic E-state index is -3.85. The van der Waals surface area contributed by atoms with Crippen LogP contribution in [0.1, 0.15) is 56.8 Å². The zero-order valence-electron chi connectivity index (χ0n) is 30.4. The topological polar surface area (TPSA) is 162 Å². The van der Waals surface area contributed by atoms with Crippen molar-refractivity contribution in [2.24, 2.45) is 5.73 Å². The van der Waals surface area contributed by atoms with Gasteiger partial charge in [-0.05, 0) is 72.0 Å². The first kappa shape index (κ1) is 40.8. The highest BCUT2D eigenvalue weighted by Gasteiger charge is 2.49. The third-order valence-electron chi connectivity index (χ3n) is 9.25. The van der Waals surface area contributed by atoms with Gasteiger partial charge in [0.1, 0.15) is 11.1 Å². The normalized spacial score (nSPS) is 17.3. The van der Waals surface area contributed by atoms with Gasteiger partial charge in [-0.2, -0.15) is 0 Å². The molecule has 300 valence electrons. The van der Waals surface area contributed by atoms with Crippen molar-refractivity contribution in [3.63, 3.8) is 0 Å². The van der Waals surface area contributed by atoms with Gasteiger partial charge in [-0.3, -0.25) is 14.4 Å². The zero-order valence-corrected chi connectivity index (χ0v) is 31.1. The van der Waals surface area contributed by atoms with Crippen LogP contribution < -0.4 is 30.0 Å². The quantitative estimate of drug-likeness (QED) is 0.123. The first-order valence-corrected chi connectivity index (χ1v) is 17.9. The molecule has 0 spiro atoms. The van der Waals surface area contributed by atoms with E-state index >= 15 is 0 Å². The van der Waals surface area contributed by atoms with E-state index in [1.807, 2.05) is 48.5 Å². The molecule has 17 heteroatoms. The van der Waals surface area contributed by atoms with Crippen LogP contribution >= 0.6 is 11.6 Å². The van der Waals surface area contributed by atoms with E-state index in [1.54, 1.807) is 13.8 Å². The number of hydrogen-bond acceptors (Lipinski definition) is 11. The lowest BCUT2D eigenvalue weighted by Gasteiger charge is -2.28. The van der Waals surface area contributed by atoms with E-state index in [4.69, 9.17) is 26.8 Å². The number of fused-ring (bicyclic) bond motifs is 4. The Labute approximate surface area is 328 Å². The van der Waals surface area contributed by atoms with E-state index in [9.17, 15) is 36.7 Å². The standard InChI is InChI=1S/C20H17F2NO5.C12H15NO2.C8H3ClF2O3/c1-2-26-18(25)19(10-12-6-3-4-7-13(12)11-19)23-17(24)14-8-5-9-15-16(14)28-20(21,22)27-15;1-2-15-11(14)12(13)7-9-5-3-4-6-10(9)8-12;9-7(12)4-2-1-3-5-6(4)14-8(10,11)13-5/h3-9H,2,10-11H2,1H3,(H,23,24);3-6H,2,7-8,13H2,1H3;1-3H. The number of amides is 1. The summed E-state index contributed by atoms with van der Waals surface area (Å²) in [5.74, 6) is -2.70. The molecule has 0 saturated heterocycles. The minimum absolute atomic E-state index is 0.138. The summed E-state index contributed by atoms with van der Waals surface area (Å²) >= 11 is 5.16. The molecule has 0 bridgehead atoms. The van der Waals surface area contributed by atoms with Gasteiger partial charge in [0.2, 0.25) is 0 Å². The molecule has 2 heterocycles. The lowest BCUT2D eigenvalue weighted by Crippen LogP contribution is -2.56. The van der Waals surface area contributed by atoms with Gasteiger partial charge in [0.25, 0.3) is 11.1 Å². The van der Waals surface area contributed by atoms with E-state index in [-0.39, 0.29) is 59.5 Å². The number of rotatable bonds is 7. The smallest absolute Gasteiger partial charge is 0.465 e. The van der Waals surface area contributed by atoms with Crippen LogP contribution in [0.25, 0.3) is 0 Å². The maximum Gasteiger partial charge on any atom is 0.586 e. The van der Waals surface area contributed by atoms with E-state index in [0.29, 0.717) is 19.4 Å². The molecule has 0 aromatic heterocycles. The molecule has 3 N–H and O–H groups in total. The van der Waals surface area contributed by atoms with Crippen molar-refractivity contribution in [2.45, 2.75) is 63.2 Å². The van der Waals surface area contributed by atoms with Crippen LogP contribution in [0, 0.1) is 0 Å². The summed E-state index contributed by atoms with van der Waals surface area (Å²) in [7, 11) is 0. The Bertz CT molecular complexity index is 2170. The minimum Gasteiger partial charge on any atom is -0.465 e. The highest BCUT2D eigenvalue weighted by atomic mass is 35.5. The predicted octanol–water partition coefficient (Wildman–Crippen LogP) is 6.27. The van der Waals surface area contributed by atoms with Gasteiger partial charge >= 0.3 is 24.5 Å². The highest BCUT2D eigenvalue weighted by Crippen LogP contribution is 2.45. The monoisotopic (exact) mass is 814 g/mol. The van der Waals surface area contributed by atoms with Crippen LogP contribution in [0.4, 0.5) is 17.6 Å². The number of esters is 2. The summed E-state index contributed by atoms with van der Waals surface area (Å²) in [4.78, 5) is 48.2. The molecule has 0 radical (unpaired) electrons. The summed E-state index contributed by atoms with van der Waals surface area (Å²) in [5.41, 5.74) is 7.77. The number of nitrogens with two attached hydrogens (primary N) is 1. The summed E-state index contributed by atoms with van der Waals surface area (Å²) in [5, 5.41) is 1.83. The second-order valence-electron chi connectivity index (χ2n) is 13.3. The van der Waals surface area contributed by atoms with Crippen LogP contribution in [0.2, 0.25) is 0 Å². The maximum absolute atomic E-state index is 13.4. The summed E-state index contributed by atoms with van der Waals surface area (Å²) in [6, 6.07) is 23.3. The number of carbonyl (C=O) groups is 4. The van der Waals surface area contributed by atoms with Crippen molar-refractivity contribution in [3.8, 4) is 23.0 Å². The lowest BCUT2D eigenvalue weighted by molar-refractivity contribution is -0.287. The Kier molecular flexibility index (Phi) is 11.4. The Balaban J connectivity index is 0.000000159. The van der Waals surface area contributed by atoms with Crippen molar-refractivity contribution in [1.29, 1.82) is 0 Å². The number of hydrogen-bond donors (Lipinski definition) is 2. The number of benzene rings is 4. The number of ether oxygens (including phenoxy) is 6. The summed E-state index contributed by atoms with van der Waals surface area (Å²) < 4.78 is 79.3. The van der Waals surface area contributed by atoms with Crippen LogP contribution in [-0.4, -0.2) is 60.0 Å². The first-order chi connectivity index (χ1) is 27.0. The molecular weight excluding hydrogens is 780 g/mol. The number of halogens is 5. The third kappa shape index (κ3) is 8.76. The molecule has 0 saturated carbocycles. The molecule has 8 rings (SSSR count). The second-order valence-corrected chi connectivity index (χ2v) is 13.6. The van der Waals surface area contributed by atoms with Crippen molar-refractivity contribution in [2.75, 3.05) is 13.2 Å². The van der Waals surface area contributed by atoms with Crippen molar-refractivity contribution >= 4 is 34.7 Å². The molecule has 0 unspecified atom stereocenters. The zero-order chi connectivity index (χ0) is 41.2. The molecule has 0 fully saturated rings. The van der Waals surface area contributed by atoms with Crippen LogP contribution in [0.3, 0.4) is 0 Å². The first-order valence-electron chi connectivity index (χ1n) is 17.6. The van der Waals surface area contributed by atoms with Gasteiger partial charge in [0.05, 0.1) is 24.3 Å². The molecule has 4 aliphatic rings. The molecule has 0 atom stereocenters. The van der Waals surface area contributed by atoms with Gasteiger partial charge in [-0.1, -0.05) is 60.7 Å². The molecule has 4 aromatic rings. The summed E-state index contributed by atoms with van der Waals surface area (Å²) in [6.45, 7) is 4.00. The largest absolute Gasteiger partial charge is 0.586 e. The van der Waals surface area contributed by atoms with E-state index < -0.39 is 40.8 Å². The van der Waals surface area contributed by atoms with Gasteiger partial charge in [0, 0.05) is 25.7 Å². The Hall–Kier alpha value is -5.87. The van der Waals surface area contributed by atoms with Gasteiger partial charge < -0.3 is 39.5 Å². The van der Waals surface area contributed by atoms with Crippen LogP contribution in [0.15, 0.2) is 84.9 Å². The number of para-hydroxylation sites is 2. The number of alkyl halides is 4. The average Bonchev–Trinajstić information content (AvgIpc) is 3.89. The van der Waals surface area contributed by atoms with E-state index in [0.717, 1.165) is 22.3 Å².